The average molecular weight is 331 g/mol. The molecule has 1 heterocycles. The Kier molecular flexibility index (Phi) is 4.90. The zero-order chi connectivity index (χ0) is 17.3. The Bertz CT molecular complexity index is 676. The van der Waals surface area contributed by atoms with Crippen molar-refractivity contribution in [3.63, 3.8) is 0 Å². The number of nitrogens with one attached hydrogen (secondary N) is 1. The third-order valence-corrected chi connectivity index (χ3v) is 4.22. The molecule has 2 aromatic rings. The summed E-state index contributed by atoms with van der Waals surface area (Å²) < 4.78 is 0. The number of nitrogens with zero attached hydrogens (tertiary/aromatic N) is 2. The van der Waals surface area contributed by atoms with Crippen molar-refractivity contribution in [3.8, 4) is 0 Å². The van der Waals surface area contributed by atoms with Gasteiger partial charge in [0, 0.05) is 12.0 Å². The zero-order valence-electron chi connectivity index (χ0n) is 14.7. The molecule has 5 heteroatoms. The first kappa shape index (κ1) is 17.6. The minimum atomic E-state index is -0.149. The molecule has 0 saturated carbocycles. The second-order valence-corrected chi connectivity index (χ2v) is 9.08. The minimum absolute atomic E-state index is 0.0795. The standard InChI is InChI=1S/C18H25N3OS/c1-17(2,3)11-14-20-21-16(23-14)19-15(22)12-7-9-13(10-8-12)18(4,5)6/h7-10H,11H2,1-6H3,(H,19,21,22). The number of carbonyl (C=O) groups excluding carboxylic acids is 1. The molecule has 0 fully saturated rings. The molecule has 2 rings (SSSR count). The molecule has 0 aliphatic carbocycles. The summed E-state index contributed by atoms with van der Waals surface area (Å²) in [5, 5.41) is 12.5. The van der Waals surface area contributed by atoms with E-state index in [1.54, 1.807) is 0 Å². The highest BCUT2D eigenvalue weighted by molar-refractivity contribution is 7.15. The largest absolute Gasteiger partial charge is 0.296 e. The van der Waals surface area contributed by atoms with Gasteiger partial charge >= 0.3 is 0 Å². The molecule has 0 atom stereocenters. The molecule has 0 unspecified atom stereocenters. The fraction of sp³-hybridized carbons (Fsp3) is 0.500. The van der Waals surface area contributed by atoms with Gasteiger partial charge in [-0.2, -0.15) is 0 Å². The number of anilines is 1. The first-order chi connectivity index (χ1) is 10.5. The number of benzene rings is 1. The Balaban J connectivity index is 2.05. The van der Waals surface area contributed by atoms with Crippen LogP contribution in [-0.2, 0) is 11.8 Å². The van der Waals surface area contributed by atoms with E-state index in [0.29, 0.717) is 10.7 Å². The maximum atomic E-state index is 12.3. The molecule has 0 bridgehead atoms. The third-order valence-electron chi connectivity index (χ3n) is 3.38. The lowest BCUT2D eigenvalue weighted by Gasteiger charge is -2.18. The Morgan fingerprint density at radius 2 is 1.65 bits per heavy atom. The van der Waals surface area contributed by atoms with E-state index in [-0.39, 0.29) is 16.7 Å². The topological polar surface area (TPSA) is 54.9 Å². The van der Waals surface area contributed by atoms with E-state index < -0.39 is 0 Å². The third kappa shape index (κ3) is 5.13. The maximum Gasteiger partial charge on any atom is 0.257 e. The number of aromatic nitrogens is 2. The van der Waals surface area contributed by atoms with Crippen molar-refractivity contribution in [1.29, 1.82) is 0 Å². The van der Waals surface area contributed by atoms with Gasteiger partial charge in [0.2, 0.25) is 5.13 Å². The molecule has 0 spiro atoms. The van der Waals surface area contributed by atoms with Crippen molar-refractivity contribution in [2.24, 2.45) is 5.41 Å². The van der Waals surface area contributed by atoms with Gasteiger partial charge in [-0.05, 0) is 28.5 Å². The van der Waals surface area contributed by atoms with Crippen LogP contribution >= 0.6 is 11.3 Å². The van der Waals surface area contributed by atoms with E-state index in [9.17, 15) is 4.79 Å². The van der Waals surface area contributed by atoms with Crippen LogP contribution in [0.3, 0.4) is 0 Å². The normalized spacial score (nSPS) is 12.3. The van der Waals surface area contributed by atoms with Crippen molar-refractivity contribution in [2.75, 3.05) is 5.32 Å². The summed E-state index contributed by atoms with van der Waals surface area (Å²) in [5.74, 6) is -0.149. The Hall–Kier alpha value is -1.75. The predicted molar refractivity (Wildman–Crippen MR) is 96.2 cm³/mol. The van der Waals surface area contributed by atoms with E-state index in [1.807, 2.05) is 24.3 Å². The van der Waals surface area contributed by atoms with Gasteiger partial charge in [-0.3, -0.25) is 10.1 Å². The van der Waals surface area contributed by atoms with E-state index in [1.165, 1.54) is 16.9 Å². The molecule has 0 saturated heterocycles. The highest BCUT2D eigenvalue weighted by Gasteiger charge is 2.17. The van der Waals surface area contributed by atoms with Crippen molar-refractivity contribution in [3.05, 3.63) is 40.4 Å². The monoisotopic (exact) mass is 331 g/mol. The Morgan fingerprint density at radius 1 is 1.04 bits per heavy atom. The van der Waals surface area contributed by atoms with Crippen molar-refractivity contribution < 1.29 is 4.79 Å². The summed E-state index contributed by atoms with van der Waals surface area (Å²) in [7, 11) is 0. The summed E-state index contributed by atoms with van der Waals surface area (Å²) in [6.07, 6.45) is 0.848. The fourth-order valence-corrected chi connectivity index (χ4v) is 3.16. The summed E-state index contributed by atoms with van der Waals surface area (Å²) in [5.41, 5.74) is 2.07. The summed E-state index contributed by atoms with van der Waals surface area (Å²) in [6.45, 7) is 12.9. The molecule has 0 aliphatic heterocycles. The predicted octanol–water partition coefficient (Wildman–Crippen LogP) is 4.68. The van der Waals surface area contributed by atoms with Crippen molar-refractivity contribution in [2.45, 2.75) is 53.4 Å². The highest BCUT2D eigenvalue weighted by atomic mass is 32.1. The highest BCUT2D eigenvalue weighted by Crippen LogP contribution is 2.25. The molecule has 23 heavy (non-hydrogen) atoms. The zero-order valence-corrected chi connectivity index (χ0v) is 15.5. The van der Waals surface area contributed by atoms with E-state index >= 15 is 0 Å². The van der Waals surface area contributed by atoms with Crippen molar-refractivity contribution >= 4 is 22.4 Å². The van der Waals surface area contributed by atoms with Crippen LogP contribution in [0.15, 0.2) is 24.3 Å². The quantitative estimate of drug-likeness (QED) is 0.888. The minimum Gasteiger partial charge on any atom is -0.296 e. The second kappa shape index (κ2) is 6.40. The van der Waals surface area contributed by atoms with Crippen LogP contribution in [0.4, 0.5) is 5.13 Å². The molecule has 0 aliphatic rings. The summed E-state index contributed by atoms with van der Waals surface area (Å²) >= 11 is 1.44. The average Bonchev–Trinajstić information content (AvgIpc) is 2.82. The SMILES string of the molecule is CC(C)(C)Cc1nnc(NC(=O)c2ccc(C(C)(C)C)cc2)s1. The van der Waals surface area contributed by atoms with E-state index in [0.717, 1.165) is 11.4 Å². The molecule has 0 radical (unpaired) electrons. The fourth-order valence-electron chi connectivity index (χ4n) is 2.12. The van der Waals surface area contributed by atoms with Gasteiger partial charge in [0.25, 0.3) is 5.91 Å². The molecule has 124 valence electrons. The second-order valence-electron chi connectivity index (χ2n) is 8.02. The van der Waals surface area contributed by atoms with Gasteiger partial charge < -0.3 is 0 Å². The first-order valence-corrected chi connectivity index (χ1v) is 8.60. The summed E-state index contributed by atoms with van der Waals surface area (Å²) in [6, 6.07) is 7.71. The molecule has 4 nitrogen and oxygen atoms in total. The van der Waals surface area contributed by atoms with E-state index in [2.05, 4.69) is 57.1 Å². The molecule has 1 amide bonds. The van der Waals surface area contributed by atoms with Crippen LogP contribution in [0.25, 0.3) is 0 Å². The van der Waals surface area contributed by atoms with Crippen LogP contribution < -0.4 is 5.32 Å². The number of amides is 1. The molecular weight excluding hydrogens is 306 g/mol. The van der Waals surface area contributed by atoms with Gasteiger partial charge in [-0.25, -0.2) is 0 Å². The lowest BCUT2D eigenvalue weighted by molar-refractivity contribution is 0.102. The number of carbonyl (C=O) groups is 1. The van der Waals surface area contributed by atoms with Gasteiger partial charge in [0.05, 0.1) is 0 Å². The van der Waals surface area contributed by atoms with Crippen LogP contribution in [-0.4, -0.2) is 16.1 Å². The Labute approximate surface area is 142 Å². The molecule has 1 aromatic heterocycles. The summed E-state index contributed by atoms with van der Waals surface area (Å²) in [4.78, 5) is 12.3. The molecular formula is C18H25N3OS. The van der Waals surface area contributed by atoms with Gasteiger partial charge in [-0.15, -0.1) is 10.2 Å². The van der Waals surface area contributed by atoms with Crippen LogP contribution in [0, 0.1) is 5.41 Å². The van der Waals surface area contributed by atoms with Gasteiger partial charge in [0.1, 0.15) is 5.01 Å². The van der Waals surface area contributed by atoms with Gasteiger partial charge in [-0.1, -0.05) is 65.0 Å². The smallest absolute Gasteiger partial charge is 0.257 e. The van der Waals surface area contributed by atoms with Gasteiger partial charge in [0.15, 0.2) is 0 Å². The lowest BCUT2D eigenvalue weighted by Crippen LogP contribution is -2.14. The molecule has 1 N–H and O–H groups in total. The number of hydrogen-bond donors (Lipinski definition) is 1. The van der Waals surface area contributed by atoms with Crippen LogP contribution in [0.2, 0.25) is 0 Å². The maximum absolute atomic E-state index is 12.3. The lowest BCUT2D eigenvalue weighted by atomic mass is 9.87. The Morgan fingerprint density at radius 3 is 2.17 bits per heavy atom. The van der Waals surface area contributed by atoms with Crippen LogP contribution in [0.5, 0.6) is 0 Å². The van der Waals surface area contributed by atoms with Crippen molar-refractivity contribution in [1.82, 2.24) is 10.2 Å². The van der Waals surface area contributed by atoms with E-state index in [4.69, 9.17) is 0 Å². The van der Waals surface area contributed by atoms with Crippen LogP contribution in [0.1, 0.15) is 62.5 Å². The first-order valence-electron chi connectivity index (χ1n) is 7.79. The number of rotatable bonds is 3. The number of hydrogen-bond acceptors (Lipinski definition) is 4. The molecule has 1 aromatic carbocycles.